The van der Waals surface area contributed by atoms with Crippen molar-refractivity contribution in [3.05, 3.63) is 23.8 Å². The molecule has 0 heterocycles. The van der Waals surface area contributed by atoms with Crippen LogP contribution in [-0.2, 0) is 0 Å². The topological polar surface area (TPSA) is 87.4 Å². The SMILES string of the molecule is CCNC(=O)c1ccc(NCCCC(C)CO)c(N)c1. The quantitative estimate of drug-likeness (QED) is 0.432. The van der Waals surface area contributed by atoms with Gasteiger partial charge in [0.25, 0.3) is 5.91 Å². The molecule has 0 aromatic heterocycles. The van der Waals surface area contributed by atoms with Crippen molar-refractivity contribution in [2.24, 2.45) is 5.92 Å². The lowest BCUT2D eigenvalue weighted by Gasteiger charge is -2.12. The first-order valence-electron chi connectivity index (χ1n) is 7.11. The highest BCUT2D eigenvalue weighted by molar-refractivity contribution is 5.96. The van der Waals surface area contributed by atoms with Crippen molar-refractivity contribution >= 4 is 17.3 Å². The van der Waals surface area contributed by atoms with Gasteiger partial charge in [-0.2, -0.15) is 0 Å². The fourth-order valence-corrected chi connectivity index (χ4v) is 1.89. The second-order valence-electron chi connectivity index (χ2n) is 5.02. The Labute approximate surface area is 120 Å². The number of hydrogen-bond acceptors (Lipinski definition) is 4. The first kappa shape index (κ1) is 16.3. The van der Waals surface area contributed by atoms with Crippen LogP contribution in [0.3, 0.4) is 0 Å². The molecular weight excluding hydrogens is 254 g/mol. The maximum Gasteiger partial charge on any atom is 0.251 e. The molecule has 5 N–H and O–H groups in total. The molecule has 5 nitrogen and oxygen atoms in total. The Bertz CT molecular complexity index is 435. The second-order valence-corrected chi connectivity index (χ2v) is 5.02. The van der Waals surface area contributed by atoms with Gasteiger partial charge in [0.1, 0.15) is 0 Å². The van der Waals surface area contributed by atoms with Gasteiger partial charge < -0.3 is 21.5 Å². The highest BCUT2D eigenvalue weighted by Crippen LogP contribution is 2.20. The van der Waals surface area contributed by atoms with Gasteiger partial charge in [-0.1, -0.05) is 6.92 Å². The van der Waals surface area contributed by atoms with Gasteiger partial charge in [-0.15, -0.1) is 0 Å². The summed E-state index contributed by atoms with van der Waals surface area (Å²) in [5, 5.41) is 14.9. The number of hydrogen-bond donors (Lipinski definition) is 4. The third-order valence-corrected chi connectivity index (χ3v) is 3.15. The van der Waals surface area contributed by atoms with Crippen LogP contribution in [0.5, 0.6) is 0 Å². The van der Waals surface area contributed by atoms with Gasteiger partial charge in [0.05, 0.1) is 11.4 Å². The molecule has 1 aromatic rings. The van der Waals surface area contributed by atoms with Crippen molar-refractivity contribution < 1.29 is 9.90 Å². The first-order valence-corrected chi connectivity index (χ1v) is 7.11. The van der Waals surface area contributed by atoms with Crippen molar-refractivity contribution in [3.8, 4) is 0 Å². The van der Waals surface area contributed by atoms with Crippen molar-refractivity contribution in [1.82, 2.24) is 5.32 Å². The fourth-order valence-electron chi connectivity index (χ4n) is 1.89. The Morgan fingerprint density at radius 3 is 2.80 bits per heavy atom. The van der Waals surface area contributed by atoms with Gasteiger partial charge >= 0.3 is 0 Å². The summed E-state index contributed by atoms with van der Waals surface area (Å²) in [6.07, 6.45) is 1.94. The van der Waals surface area contributed by atoms with Gasteiger partial charge in [-0.05, 0) is 43.9 Å². The second kappa shape index (κ2) is 8.43. The highest BCUT2D eigenvalue weighted by Gasteiger charge is 2.07. The molecule has 20 heavy (non-hydrogen) atoms. The monoisotopic (exact) mass is 279 g/mol. The average molecular weight is 279 g/mol. The van der Waals surface area contributed by atoms with Gasteiger partial charge in [0.2, 0.25) is 0 Å². The van der Waals surface area contributed by atoms with E-state index in [9.17, 15) is 4.79 Å². The van der Waals surface area contributed by atoms with E-state index in [0.717, 1.165) is 25.1 Å². The van der Waals surface area contributed by atoms with Gasteiger partial charge in [0, 0.05) is 25.3 Å². The molecular formula is C15H25N3O2. The van der Waals surface area contributed by atoms with Gasteiger partial charge in [-0.3, -0.25) is 4.79 Å². The fraction of sp³-hybridized carbons (Fsp3) is 0.533. The van der Waals surface area contributed by atoms with E-state index in [1.54, 1.807) is 12.1 Å². The molecule has 1 atom stereocenters. The van der Waals surface area contributed by atoms with Crippen LogP contribution in [0.25, 0.3) is 0 Å². The number of anilines is 2. The molecule has 0 saturated heterocycles. The predicted molar refractivity (Wildman–Crippen MR) is 82.8 cm³/mol. The van der Waals surface area contributed by atoms with Crippen molar-refractivity contribution in [1.29, 1.82) is 0 Å². The zero-order valence-electron chi connectivity index (χ0n) is 12.3. The zero-order chi connectivity index (χ0) is 15.0. The van der Waals surface area contributed by atoms with Crippen molar-refractivity contribution in [2.75, 3.05) is 30.7 Å². The molecule has 0 aliphatic carbocycles. The van der Waals surface area contributed by atoms with E-state index >= 15 is 0 Å². The van der Waals surface area contributed by atoms with Crippen molar-refractivity contribution in [2.45, 2.75) is 26.7 Å². The summed E-state index contributed by atoms with van der Waals surface area (Å²) in [4.78, 5) is 11.7. The third-order valence-electron chi connectivity index (χ3n) is 3.15. The van der Waals surface area contributed by atoms with E-state index in [1.807, 2.05) is 19.9 Å². The molecule has 0 radical (unpaired) electrons. The minimum Gasteiger partial charge on any atom is -0.397 e. The summed E-state index contributed by atoms with van der Waals surface area (Å²) in [6.45, 7) is 5.53. The lowest BCUT2D eigenvalue weighted by atomic mass is 10.1. The standard InChI is InChI=1S/C15H25N3O2/c1-3-17-15(20)12-6-7-14(13(16)9-12)18-8-4-5-11(2)10-19/h6-7,9,11,18-19H,3-5,8,10,16H2,1-2H3,(H,17,20). The molecule has 0 bridgehead atoms. The molecule has 1 aromatic carbocycles. The van der Waals surface area contributed by atoms with E-state index in [0.29, 0.717) is 23.7 Å². The average Bonchev–Trinajstić information content (AvgIpc) is 2.44. The normalized spacial score (nSPS) is 11.9. The number of nitrogens with one attached hydrogen (secondary N) is 2. The summed E-state index contributed by atoms with van der Waals surface area (Å²) in [5.74, 6) is 0.219. The van der Waals surface area contributed by atoms with Crippen LogP contribution in [0.4, 0.5) is 11.4 Å². The van der Waals surface area contributed by atoms with Crippen LogP contribution in [-0.4, -0.2) is 30.7 Å². The summed E-state index contributed by atoms with van der Waals surface area (Å²) < 4.78 is 0. The van der Waals surface area contributed by atoms with Crippen molar-refractivity contribution in [3.63, 3.8) is 0 Å². The number of rotatable bonds is 8. The lowest BCUT2D eigenvalue weighted by molar-refractivity contribution is 0.0956. The molecule has 0 fully saturated rings. The van der Waals surface area contributed by atoms with Gasteiger partial charge in [-0.25, -0.2) is 0 Å². The number of carbonyl (C=O) groups is 1. The Morgan fingerprint density at radius 1 is 1.45 bits per heavy atom. The lowest BCUT2D eigenvalue weighted by Crippen LogP contribution is -2.22. The van der Waals surface area contributed by atoms with Crippen LogP contribution in [0.1, 0.15) is 37.0 Å². The Hall–Kier alpha value is -1.75. The van der Waals surface area contributed by atoms with E-state index in [4.69, 9.17) is 10.8 Å². The minimum atomic E-state index is -0.109. The molecule has 1 rings (SSSR count). The number of benzene rings is 1. The summed E-state index contributed by atoms with van der Waals surface area (Å²) in [7, 11) is 0. The van der Waals surface area contributed by atoms with Crippen LogP contribution in [0, 0.1) is 5.92 Å². The van der Waals surface area contributed by atoms with Crippen LogP contribution in [0.15, 0.2) is 18.2 Å². The number of amides is 1. The zero-order valence-corrected chi connectivity index (χ0v) is 12.3. The Morgan fingerprint density at radius 2 is 2.20 bits per heavy atom. The smallest absolute Gasteiger partial charge is 0.251 e. The van der Waals surface area contributed by atoms with E-state index < -0.39 is 0 Å². The Balaban J connectivity index is 2.49. The third kappa shape index (κ3) is 5.09. The first-order chi connectivity index (χ1) is 9.58. The maximum absolute atomic E-state index is 11.7. The summed E-state index contributed by atoms with van der Waals surface area (Å²) >= 11 is 0. The van der Waals surface area contributed by atoms with Crippen LogP contribution in [0.2, 0.25) is 0 Å². The number of nitrogens with two attached hydrogens (primary N) is 1. The summed E-state index contributed by atoms with van der Waals surface area (Å²) in [6, 6.07) is 5.28. The number of aliphatic hydroxyl groups excluding tert-OH is 1. The summed E-state index contributed by atoms with van der Waals surface area (Å²) in [5.41, 5.74) is 7.93. The van der Waals surface area contributed by atoms with Crippen LogP contribution >= 0.6 is 0 Å². The largest absolute Gasteiger partial charge is 0.397 e. The van der Waals surface area contributed by atoms with Crippen LogP contribution < -0.4 is 16.4 Å². The molecule has 1 unspecified atom stereocenters. The minimum absolute atomic E-state index is 0.109. The highest BCUT2D eigenvalue weighted by atomic mass is 16.3. The van der Waals surface area contributed by atoms with E-state index in [2.05, 4.69) is 10.6 Å². The predicted octanol–water partition coefficient (Wildman–Crippen LogP) is 1.84. The number of aliphatic hydroxyl groups is 1. The molecule has 0 aliphatic rings. The Kier molecular flexibility index (Phi) is 6.87. The molecule has 5 heteroatoms. The molecule has 0 aliphatic heterocycles. The molecule has 112 valence electrons. The van der Waals surface area contributed by atoms with E-state index in [1.165, 1.54) is 0 Å². The molecule has 0 spiro atoms. The van der Waals surface area contributed by atoms with Gasteiger partial charge in [0.15, 0.2) is 0 Å². The van der Waals surface area contributed by atoms with E-state index in [-0.39, 0.29) is 12.5 Å². The molecule has 0 saturated carbocycles. The number of carbonyl (C=O) groups excluding carboxylic acids is 1. The maximum atomic E-state index is 11.7. The molecule has 1 amide bonds. The number of nitrogen functional groups attached to an aromatic ring is 1.